The van der Waals surface area contributed by atoms with Crippen molar-refractivity contribution >= 4 is 33.9 Å². The molecular formula is C10H5F6IS. The fourth-order valence-electron chi connectivity index (χ4n) is 1.87. The topological polar surface area (TPSA) is 0 Å². The maximum absolute atomic E-state index is 14.3. The van der Waals surface area contributed by atoms with E-state index in [1.165, 1.54) is 6.92 Å². The molecule has 100 valence electrons. The Morgan fingerprint density at radius 3 is 2.17 bits per heavy atom. The second kappa shape index (κ2) is 4.12. The molecule has 1 aromatic heterocycles. The molecule has 2 atom stereocenters. The molecule has 0 aromatic carbocycles. The quantitative estimate of drug-likeness (QED) is 0.463. The van der Waals surface area contributed by atoms with E-state index in [-0.39, 0.29) is 4.88 Å². The summed E-state index contributed by atoms with van der Waals surface area (Å²) in [6.07, 6.45) is -3.34. The summed E-state index contributed by atoms with van der Waals surface area (Å²) in [5, 5.41) is 0. The van der Waals surface area contributed by atoms with Crippen LogP contribution in [-0.4, -0.2) is 12.1 Å². The largest absolute Gasteiger partial charge is 0.342 e. The Morgan fingerprint density at radius 1 is 1.28 bits per heavy atom. The van der Waals surface area contributed by atoms with Crippen molar-refractivity contribution in [2.75, 3.05) is 0 Å². The molecule has 0 bridgehead atoms. The molecule has 2 unspecified atom stereocenters. The molecule has 1 aliphatic rings. The van der Waals surface area contributed by atoms with Crippen molar-refractivity contribution in [3.8, 4) is 0 Å². The number of halogens is 7. The van der Waals surface area contributed by atoms with E-state index in [9.17, 15) is 26.3 Å². The average Bonchev–Trinajstić information content (AvgIpc) is 2.68. The van der Waals surface area contributed by atoms with E-state index < -0.39 is 35.0 Å². The zero-order valence-corrected chi connectivity index (χ0v) is 11.7. The van der Waals surface area contributed by atoms with Gasteiger partial charge in [0.2, 0.25) is 11.5 Å². The van der Waals surface area contributed by atoms with Crippen molar-refractivity contribution in [2.45, 2.75) is 24.7 Å². The Balaban J connectivity index is 2.66. The zero-order chi connectivity index (χ0) is 13.9. The highest BCUT2D eigenvalue weighted by Gasteiger charge is 2.72. The minimum atomic E-state index is -4.84. The number of rotatable bonds is 1. The standard InChI is InChI=1S/C10H5F6IS/c1-3-4(2-5(17)18-3)9(14)7(12)6(11)8(13)10(9,15)16/h2,7H,1H3. The van der Waals surface area contributed by atoms with Gasteiger partial charge < -0.3 is 0 Å². The van der Waals surface area contributed by atoms with Crippen LogP contribution < -0.4 is 0 Å². The predicted octanol–water partition coefficient (Wildman–Crippen LogP) is 4.96. The molecule has 1 aliphatic carbocycles. The van der Waals surface area contributed by atoms with Crippen molar-refractivity contribution in [1.29, 1.82) is 0 Å². The van der Waals surface area contributed by atoms with Crippen molar-refractivity contribution < 1.29 is 26.3 Å². The molecule has 0 spiro atoms. The van der Waals surface area contributed by atoms with Crippen molar-refractivity contribution in [1.82, 2.24) is 0 Å². The second-order valence-electron chi connectivity index (χ2n) is 3.83. The van der Waals surface area contributed by atoms with Crippen LogP contribution in [-0.2, 0) is 5.67 Å². The van der Waals surface area contributed by atoms with Gasteiger partial charge in [-0.25, -0.2) is 17.6 Å². The van der Waals surface area contributed by atoms with Gasteiger partial charge in [0.1, 0.15) is 0 Å². The van der Waals surface area contributed by atoms with Gasteiger partial charge in [-0.2, -0.15) is 8.78 Å². The molecule has 0 N–H and O–H groups in total. The van der Waals surface area contributed by atoms with Crippen LogP contribution in [0.3, 0.4) is 0 Å². The van der Waals surface area contributed by atoms with Crippen LogP contribution in [0.1, 0.15) is 10.4 Å². The van der Waals surface area contributed by atoms with Crippen LogP contribution >= 0.6 is 33.9 Å². The van der Waals surface area contributed by atoms with Gasteiger partial charge in [0.25, 0.3) is 0 Å². The molecule has 1 aromatic rings. The summed E-state index contributed by atoms with van der Waals surface area (Å²) in [4.78, 5) is 0.0618. The van der Waals surface area contributed by atoms with E-state index in [1.807, 2.05) is 0 Å². The van der Waals surface area contributed by atoms with Gasteiger partial charge in [-0.3, -0.25) is 0 Å². The molecule has 0 aliphatic heterocycles. The highest BCUT2D eigenvalue weighted by molar-refractivity contribution is 14.1. The van der Waals surface area contributed by atoms with E-state index in [0.717, 1.165) is 17.4 Å². The molecule has 0 saturated heterocycles. The minimum absolute atomic E-state index is 0.0618. The summed E-state index contributed by atoms with van der Waals surface area (Å²) in [6.45, 7) is 1.29. The van der Waals surface area contributed by atoms with Gasteiger partial charge in [0, 0.05) is 10.4 Å². The normalized spacial score (nSPS) is 31.2. The fraction of sp³-hybridized carbons (Fsp3) is 0.400. The Labute approximate surface area is 116 Å². The van der Waals surface area contributed by atoms with E-state index >= 15 is 0 Å². The van der Waals surface area contributed by atoms with Gasteiger partial charge >= 0.3 is 5.92 Å². The Kier molecular flexibility index (Phi) is 3.24. The highest BCUT2D eigenvalue weighted by atomic mass is 127. The van der Waals surface area contributed by atoms with Crippen molar-refractivity contribution in [3.63, 3.8) is 0 Å². The fourth-order valence-corrected chi connectivity index (χ4v) is 3.96. The predicted molar refractivity (Wildman–Crippen MR) is 63.6 cm³/mol. The Bertz CT molecular complexity index is 536. The third kappa shape index (κ3) is 1.57. The number of thiophene rings is 1. The molecule has 8 heteroatoms. The molecule has 18 heavy (non-hydrogen) atoms. The maximum atomic E-state index is 14.3. The third-order valence-corrected chi connectivity index (χ3v) is 4.60. The van der Waals surface area contributed by atoms with Gasteiger partial charge in [-0.15, -0.1) is 11.3 Å². The van der Waals surface area contributed by atoms with Gasteiger partial charge in [0.05, 0.1) is 2.88 Å². The lowest BCUT2D eigenvalue weighted by molar-refractivity contribution is -0.136. The van der Waals surface area contributed by atoms with Gasteiger partial charge in [-0.1, -0.05) is 0 Å². The zero-order valence-electron chi connectivity index (χ0n) is 8.71. The van der Waals surface area contributed by atoms with Crippen LogP contribution in [0.25, 0.3) is 0 Å². The SMILES string of the molecule is Cc1sc(I)cc1C1(F)C(F)C(F)=C(F)C1(F)F. The maximum Gasteiger partial charge on any atom is 0.342 e. The second-order valence-corrected chi connectivity index (χ2v) is 6.98. The van der Waals surface area contributed by atoms with Crippen molar-refractivity contribution in [3.05, 3.63) is 31.0 Å². The smallest absolute Gasteiger partial charge is 0.235 e. The summed E-state index contributed by atoms with van der Waals surface area (Å²) in [5.74, 6) is -9.88. The molecule has 0 nitrogen and oxygen atoms in total. The first kappa shape index (κ1) is 14.2. The molecule has 0 fully saturated rings. The molecule has 0 amide bonds. The average molecular weight is 398 g/mol. The van der Waals surface area contributed by atoms with E-state index in [4.69, 9.17) is 0 Å². The lowest BCUT2D eigenvalue weighted by Gasteiger charge is -2.28. The number of allylic oxidation sites excluding steroid dienone is 2. The van der Waals surface area contributed by atoms with Crippen LogP contribution in [0, 0.1) is 9.81 Å². The summed E-state index contributed by atoms with van der Waals surface area (Å²) in [5.41, 5.74) is -4.73. The first-order valence-corrected chi connectivity index (χ1v) is 6.56. The Morgan fingerprint density at radius 2 is 1.83 bits per heavy atom. The van der Waals surface area contributed by atoms with E-state index in [2.05, 4.69) is 0 Å². The molecule has 0 radical (unpaired) electrons. The summed E-state index contributed by atoms with van der Waals surface area (Å²) in [7, 11) is 0. The van der Waals surface area contributed by atoms with Gasteiger partial charge in [0.15, 0.2) is 12.0 Å². The summed E-state index contributed by atoms with van der Waals surface area (Å²) < 4.78 is 81.1. The number of hydrogen-bond acceptors (Lipinski definition) is 1. The molecule has 2 rings (SSSR count). The number of aryl methyl sites for hydroxylation is 1. The van der Waals surface area contributed by atoms with E-state index in [0.29, 0.717) is 2.88 Å². The van der Waals surface area contributed by atoms with Gasteiger partial charge in [-0.05, 0) is 35.6 Å². The molecule has 1 heterocycles. The monoisotopic (exact) mass is 398 g/mol. The Hall–Kier alpha value is -0.250. The van der Waals surface area contributed by atoms with Crippen LogP contribution in [0.2, 0.25) is 0 Å². The molecule has 0 saturated carbocycles. The summed E-state index contributed by atoms with van der Waals surface area (Å²) in [6, 6.07) is 0.979. The van der Waals surface area contributed by atoms with Crippen LogP contribution in [0.4, 0.5) is 26.3 Å². The van der Waals surface area contributed by atoms with E-state index in [1.54, 1.807) is 22.6 Å². The lowest BCUT2D eigenvalue weighted by Crippen LogP contribution is -2.44. The first-order valence-electron chi connectivity index (χ1n) is 4.67. The lowest BCUT2D eigenvalue weighted by atomic mass is 9.89. The van der Waals surface area contributed by atoms with Crippen LogP contribution in [0.5, 0.6) is 0 Å². The number of hydrogen-bond donors (Lipinski definition) is 0. The first-order chi connectivity index (χ1) is 8.14. The number of alkyl halides is 4. The summed E-state index contributed by atoms with van der Waals surface area (Å²) >= 11 is 2.68. The van der Waals surface area contributed by atoms with Crippen molar-refractivity contribution in [2.24, 2.45) is 0 Å². The highest BCUT2D eigenvalue weighted by Crippen LogP contribution is 2.59. The molecular weight excluding hydrogens is 393 g/mol. The van der Waals surface area contributed by atoms with Crippen LogP contribution in [0.15, 0.2) is 17.7 Å². The minimum Gasteiger partial charge on any atom is -0.235 e. The third-order valence-electron chi connectivity index (χ3n) is 2.79.